The fourth-order valence-corrected chi connectivity index (χ4v) is 3.63. The van der Waals surface area contributed by atoms with Crippen LogP contribution in [0.1, 0.15) is 43.0 Å². The van der Waals surface area contributed by atoms with Gasteiger partial charge in [0.05, 0.1) is 24.3 Å². The zero-order chi connectivity index (χ0) is 19.0. The van der Waals surface area contributed by atoms with Crippen LogP contribution in [0.3, 0.4) is 0 Å². The summed E-state index contributed by atoms with van der Waals surface area (Å²) in [5.41, 5.74) is 1.61. The van der Waals surface area contributed by atoms with Gasteiger partial charge in [0.2, 0.25) is 0 Å². The lowest BCUT2D eigenvalue weighted by atomic mass is 9.99. The van der Waals surface area contributed by atoms with Crippen molar-refractivity contribution >= 4 is 5.91 Å². The summed E-state index contributed by atoms with van der Waals surface area (Å²) in [5, 5.41) is 8.93. The van der Waals surface area contributed by atoms with E-state index in [2.05, 4.69) is 24.0 Å². The second-order valence-corrected chi connectivity index (χ2v) is 7.15. The van der Waals surface area contributed by atoms with E-state index in [-0.39, 0.29) is 17.9 Å². The second-order valence-electron chi connectivity index (χ2n) is 7.15. The number of hydrogen-bond acceptors (Lipinski definition) is 4. The van der Waals surface area contributed by atoms with Crippen molar-refractivity contribution in [3.63, 3.8) is 0 Å². The highest BCUT2D eigenvalue weighted by Gasteiger charge is 2.36. The molecule has 3 aromatic rings. The maximum absolute atomic E-state index is 13.1. The van der Waals surface area contributed by atoms with E-state index in [1.807, 2.05) is 53.0 Å². The highest BCUT2D eigenvalue weighted by molar-refractivity contribution is 5.94. The molecule has 7 heteroatoms. The minimum absolute atomic E-state index is 0.00362. The Morgan fingerprint density at radius 1 is 1.22 bits per heavy atom. The van der Waals surface area contributed by atoms with E-state index in [9.17, 15) is 4.79 Å². The van der Waals surface area contributed by atoms with E-state index in [1.165, 1.54) is 0 Å². The third kappa shape index (κ3) is 3.13. The van der Waals surface area contributed by atoms with Crippen LogP contribution in [-0.4, -0.2) is 41.9 Å². The van der Waals surface area contributed by atoms with Gasteiger partial charge in [-0.25, -0.2) is 9.67 Å². The van der Waals surface area contributed by atoms with E-state index < -0.39 is 0 Å². The lowest BCUT2D eigenvalue weighted by Gasteiger charge is -2.37. The van der Waals surface area contributed by atoms with Crippen molar-refractivity contribution in [2.45, 2.75) is 39.9 Å². The molecule has 140 valence electrons. The van der Waals surface area contributed by atoms with E-state index in [4.69, 9.17) is 4.98 Å². The van der Waals surface area contributed by atoms with E-state index >= 15 is 0 Å². The summed E-state index contributed by atoms with van der Waals surface area (Å²) < 4.78 is 3.73. The molecule has 0 radical (unpaired) electrons. The number of rotatable bonds is 4. The van der Waals surface area contributed by atoms with Gasteiger partial charge in [0, 0.05) is 24.8 Å². The van der Waals surface area contributed by atoms with E-state index in [0.29, 0.717) is 24.5 Å². The molecule has 0 saturated heterocycles. The zero-order valence-electron chi connectivity index (χ0n) is 15.9. The lowest BCUT2D eigenvalue weighted by molar-refractivity contribution is 0.0536. The van der Waals surface area contributed by atoms with Gasteiger partial charge in [-0.05, 0) is 12.8 Å². The number of fused-ring (bicyclic) bond motifs is 1. The monoisotopic (exact) mass is 364 g/mol. The molecule has 2 aromatic heterocycles. The number of benzene rings is 1. The summed E-state index contributed by atoms with van der Waals surface area (Å²) in [7, 11) is 0. The lowest BCUT2D eigenvalue weighted by Crippen LogP contribution is -2.44. The Kier molecular flexibility index (Phi) is 4.51. The van der Waals surface area contributed by atoms with Crippen LogP contribution < -0.4 is 0 Å². The summed E-state index contributed by atoms with van der Waals surface area (Å²) >= 11 is 0. The van der Waals surface area contributed by atoms with Gasteiger partial charge in [-0.2, -0.15) is 10.2 Å². The molecular formula is C20H24N6O. The van der Waals surface area contributed by atoms with Crippen LogP contribution >= 0.6 is 0 Å². The maximum atomic E-state index is 13.1. The van der Waals surface area contributed by atoms with Gasteiger partial charge in [0.25, 0.3) is 5.91 Å². The Morgan fingerprint density at radius 3 is 2.67 bits per heavy atom. The summed E-state index contributed by atoms with van der Waals surface area (Å²) in [6, 6.07) is 9.85. The van der Waals surface area contributed by atoms with Crippen molar-refractivity contribution in [3.8, 4) is 11.4 Å². The number of hydrogen-bond donors (Lipinski definition) is 0. The van der Waals surface area contributed by atoms with Crippen LogP contribution in [0.2, 0.25) is 0 Å². The van der Waals surface area contributed by atoms with E-state index in [1.54, 1.807) is 10.9 Å². The molecule has 0 unspecified atom stereocenters. The molecule has 1 aromatic carbocycles. The molecule has 1 aliphatic rings. The molecular weight excluding hydrogens is 340 g/mol. The molecule has 7 nitrogen and oxygen atoms in total. The van der Waals surface area contributed by atoms with Crippen LogP contribution in [-0.2, 0) is 13.1 Å². The third-order valence-electron chi connectivity index (χ3n) is 4.98. The van der Waals surface area contributed by atoms with Gasteiger partial charge in [0.15, 0.2) is 11.6 Å². The molecule has 0 N–H and O–H groups in total. The van der Waals surface area contributed by atoms with Crippen LogP contribution in [0, 0.1) is 5.92 Å². The normalized spacial score (nSPS) is 16.6. The molecule has 0 fully saturated rings. The van der Waals surface area contributed by atoms with Crippen molar-refractivity contribution < 1.29 is 4.79 Å². The molecule has 27 heavy (non-hydrogen) atoms. The molecule has 1 aliphatic heterocycles. The molecule has 0 saturated carbocycles. The summed E-state index contributed by atoms with van der Waals surface area (Å²) in [4.78, 5) is 19.9. The van der Waals surface area contributed by atoms with E-state index in [0.717, 1.165) is 17.9 Å². The topological polar surface area (TPSA) is 68.8 Å². The van der Waals surface area contributed by atoms with Crippen LogP contribution in [0.4, 0.5) is 0 Å². The van der Waals surface area contributed by atoms with Crippen LogP contribution in [0.5, 0.6) is 0 Å². The number of aryl methyl sites for hydroxylation is 1. The summed E-state index contributed by atoms with van der Waals surface area (Å²) in [6.45, 7) is 8.25. The van der Waals surface area contributed by atoms with Gasteiger partial charge in [-0.15, -0.1) is 0 Å². The SMILES string of the molecule is CCn1cc(C(=O)N2CCn3nc(-c4ccccc4)nc3[C@@H]2C(C)C)cn1. The highest BCUT2D eigenvalue weighted by Crippen LogP contribution is 2.33. The maximum Gasteiger partial charge on any atom is 0.257 e. The Morgan fingerprint density at radius 2 is 2.00 bits per heavy atom. The Hall–Kier alpha value is -2.96. The molecule has 0 bridgehead atoms. The molecule has 1 atom stereocenters. The largest absolute Gasteiger partial charge is 0.326 e. The Labute approximate surface area is 158 Å². The average molecular weight is 364 g/mol. The quantitative estimate of drug-likeness (QED) is 0.714. The number of carbonyl (C=O) groups excluding carboxylic acids is 1. The van der Waals surface area contributed by atoms with Gasteiger partial charge < -0.3 is 4.90 Å². The second kappa shape index (κ2) is 6.98. The van der Waals surface area contributed by atoms with Crippen LogP contribution in [0.25, 0.3) is 11.4 Å². The first kappa shape index (κ1) is 17.5. The zero-order valence-corrected chi connectivity index (χ0v) is 15.9. The first-order valence-electron chi connectivity index (χ1n) is 9.42. The molecule has 0 aliphatic carbocycles. The first-order valence-corrected chi connectivity index (χ1v) is 9.42. The minimum Gasteiger partial charge on any atom is -0.326 e. The minimum atomic E-state index is -0.110. The van der Waals surface area contributed by atoms with Crippen molar-refractivity contribution in [2.24, 2.45) is 5.92 Å². The number of aromatic nitrogens is 5. The Balaban J connectivity index is 1.69. The summed E-state index contributed by atoms with van der Waals surface area (Å²) in [5.74, 6) is 1.79. The molecule has 3 heterocycles. The molecule has 4 rings (SSSR count). The fourth-order valence-electron chi connectivity index (χ4n) is 3.63. The summed E-state index contributed by atoms with van der Waals surface area (Å²) in [6.07, 6.45) is 3.46. The fraction of sp³-hybridized carbons (Fsp3) is 0.400. The number of carbonyl (C=O) groups is 1. The van der Waals surface area contributed by atoms with Crippen molar-refractivity contribution in [1.82, 2.24) is 29.4 Å². The Bertz CT molecular complexity index is 943. The van der Waals surface area contributed by atoms with Crippen molar-refractivity contribution in [2.75, 3.05) is 6.54 Å². The number of nitrogens with zero attached hydrogens (tertiary/aromatic N) is 6. The predicted octanol–water partition coefficient (Wildman–Crippen LogP) is 3.01. The molecule has 1 amide bonds. The van der Waals surface area contributed by atoms with Crippen LogP contribution in [0.15, 0.2) is 42.7 Å². The predicted molar refractivity (Wildman–Crippen MR) is 102 cm³/mol. The smallest absolute Gasteiger partial charge is 0.257 e. The molecule has 0 spiro atoms. The van der Waals surface area contributed by atoms with Gasteiger partial charge in [-0.3, -0.25) is 9.48 Å². The first-order chi connectivity index (χ1) is 13.1. The van der Waals surface area contributed by atoms with Gasteiger partial charge >= 0.3 is 0 Å². The van der Waals surface area contributed by atoms with Gasteiger partial charge in [-0.1, -0.05) is 44.2 Å². The average Bonchev–Trinajstić information content (AvgIpc) is 3.34. The van der Waals surface area contributed by atoms with Crippen molar-refractivity contribution in [3.05, 3.63) is 54.1 Å². The standard InChI is InChI=1S/C20H24N6O/c1-4-24-13-16(12-21-24)20(27)25-10-11-26-19(17(25)14(2)3)22-18(23-26)15-8-6-5-7-9-15/h5-9,12-14,17H,4,10-11H2,1-3H3/t17-/m0/s1. The highest BCUT2D eigenvalue weighted by atomic mass is 16.2. The van der Waals surface area contributed by atoms with Gasteiger partial charge in [0.1, 0.15) is 0 Å². The number of amides is 1. The van der Waals surface area contributed by atoms with Crippen molar-refractivity contribution in [1.29, 1.82) is 0 Å². The third-order valence-corrected chi connectivity index (χ3v) is 4.98.